The highest BCUT2D eigenvalue weighted by molar-refractivity contribution is 5.40. The van der Waals surface area contributed by atoms with E-state index in [1.165, 1.54) is 22.5 Å². The number of hydrogen-bond donors (Lipinski definition) is 0. The maximum absolute atomic E-state index is 4.73. The van der Waals surface area contributed by atoms with Gasteiger partial charge in [-0.05, 0) is 32.4 Å². The van der Waals surface area contributed by atoms with Crippen LogP contribution >= 0.6 is 0 Å². The first-order valence-corrected chi connectivity index (χ1v) is 6.52. The van der Waals surface area contributed by atoms with Crippen molar-refractivity contribution in [2.75, 3.05) is 0 Å². The Morgan fingerprint density at radius 2 is 1.94 bits per heavy atom. The summed E-state index contributed by atoms with van der Waals surface area (Å²) in [5, 5.41) is 4.73. The summed E-state index contributed by atoms with van der Waals surface area (Å²) in [6.07, 6.45) is 2.18. The van der Waals surface area contributed by atoms with Gasteiger partial charge < -0.3 is 0 Å². The van der Waals surface area contributed by atoms with Gasteiger partial charge >= 0.3 is 0 Å². The van der Waals surface area contributed by atoms with E-state index in [0.29, 0.717) is 6.04 Å². The van der Waals surface area contributed by atoms with Gasteiger partial charge in [0.05, 0.1) is 11.4 Å². The van der Waals surface area contributed by atoms with Crippen LogP contribution in [0.3, 0.4) is 0 Å². The third-order valence-corrected chi connectivity index (χ3v) is 3.70. The van der Waals surface area contributed by atoms with Crippen LogP contribution in [0.25, 0.3) is 5.69 Å². The van der Waals surface area contributed by atoms with E-state index in [1.807, 2.05) is 4.68 Å². The van der Waals surface area contributed by atoms with Gasteiger partial charge in [0.15, 0.2) is 0 Å². The maximum Gasteiger partial charge on any atom is 0.0814 e. The van der Waals surface area contributed by atoms with Gasteiger partial charge in [-0.1, -0.05) is 18.2 Å². The Labute approximate surface area is 108 Å². The fourth-order valence-electron chi connectivity index (χ4n) is 2.49. The molecule has 3 rings (SSSR count). The van der Waals surface area contributed by atoms with Crippen molar-refractivity contribution in [2.45, 2.75) is 39.9 Å². The highest BCUT2D eigenvalue weighted by atomic mass is 15.3. The van der Waals surface area contributed by atoms with Crippen LogP contribution in [0.5, 0.6) is 0 Å². The fraction of sp³-hybridized carbons (Fsp3) is 0.400. The summed E-state index contributed by atoms with van der Waals surface area (Å²) in [6.45, 7) is 8.61. The average Bonchev–Trinajstić information content (AvgIpc) is 2.87. The molecule has 0 unspecified atom stereocenters. The molecule has 0 saturated heterocycles. The molecule has 0 saturated carbocycles. The second-order valence-electron chi connectivity index (χ2n) is 5.33. The van der Waals surface area contributed by atoms with Crippen LogP contribution in [0.1, 0.15) is 30.7 Å². The predicted octanol–water partition coefficient (Wildman–Crippen LogP) is 2.90. The number of aryl methyl sites for hydroxylation is 1. The smallest absolute Gasteiger partial charge is 0.0814 e. The van der Waals surface area contributed by atoms with Crippen LogP contribution in [0.15, 0.2) is 30.5 Å². The molecular weight excluding hydrogens is 222 g/mol. The molecule has 1 aliphatic rings. The van der Waals surface area contributed by atoms with Gasteiger partial charge in [-0.25, -0.2) is 4.68 Å². The van der Waals surface area contributed by atoms with E-state index in [2.05, 4.69) is 56.1 Å². The van der Waals surface area contributed by atoms with E-state index in [4.69, 9.17) is 5.10 Å². The zero-order valence-corrected chi connectivity index (χ0v) is 11.2. The SMILES string of the molecule is Cc1ccccc1-n1cc2c(n1)CN(C(C)C)C2. The number of benzene rings is 1. The lowest BCUT2D eigenvalue weighted by Crippen LogP contribution is -2.25. The molecule has 1 aromatic heterocycles. The van der Waals surface area contributed by atoms with Crippen LogP contribution < -0.4 is 0 Å². The average molecular weight is 241 g/mol. The molecule has 0 radical (unpaired) electrons. The number of hydrogen-bond acceptors (Lipinski definition) is 2. The molecule has 94 valence electrons. The van der Waals surface area contributed by atoms with Crippen LogP contribution in [0.2, 0.25) is 0 Å². The van der Waals surface area contributed by atoms with Crippen LogP contribution in [-0.4, -0.2) is 20.7 Å². The predicted molar refractivity (Wildman–Crippen MR) is 72.7 cm³/mol. The molecule has 0 aliphatic carbocycles. The van der Waals surface area contributed by atoms with Crippen molar-refractivity contribution in [1.82, 2.24) is 14.7 Å². The van der Waals surface area contributed by atoms with E-state index in [1.54, 1.807) is 0 Å². The van der Waals surface area contributed by atoms with E-state index >= 15 is 0 Å². The van der Waals surface area contributed by atoms with Crippen molar-refractivity contribution in [2.24, 2.45) is 0 Å². The molecule has 2 heterocycles. The van der Waals surface area contributed by atoms with Gasteiger partial charge in [0, 0.05) is 30.9 Å². The van der Waals surface area contributed by atoms with Gasteiger partial charge in [-0.15, -0.1) is 0 Å². The number of para-hydroxylation sites is 1. The van der Waals surface area contributed by atoms with Crippen molar-refractivity contribution in [3.05, 3.63) is 47.3 Å². The second-order valence-corrected chi connectivity index (χ2v) is 5.33. The summed E-state index contributed by atoms with van der Waals surface area (Å²) < 4.78 is 2.03. The molecular formula is C15H19N3. The summed E-state index contributed by atoms with van der Waals surface area (Å²) in [5.74, 6) is 0. The lowest BCUT2D eigenvalue weighted by molar-refractivity contribution is 0.224. The number of rotatable bonds is 2. The Morgan fingerprint density at radius 1 is 1.17 bits per heavy atom. The first-order chi connectivity index (χ1) is 8.65. The Kier molecular flexibility index (Phi) is 2.71. The Balaban J connectivity index is 1.92. The molecule has 0 amide bonds. The Hall–Kier alpha value is -1.61. The monoisotopic (exact) mass is 241 g/mol. The minimum atomic E-state index is 0.589. The quantitative estimate of drug-likeness (QED) is 0.806. The molecule has 18 heavy (non-hydrogen) atoms. The number of nitrogens with zero attached hydrogens (tertiary/aromatic N) is 3. The summed E-state index contributed by atoms with van der Waals surface area (Å²) in [4.78, 5) is 2.44. The van der Waals surface area contributed by atoms with E-state index in [-0.39, 0.29) is 0 Å². The molecule has 0 fully saturated rings. The third-order valence-electron chi connectivity index (χ3n) is 3.70. The standard InChI is InChI=1S/C15H19N3/c1-11(2)17-8-13-9-18(16-14(13)10-17)15-7-5-4-6-12(15)3/h4-7,9,11H,8,10H2,1-3H3. The summed E-state index contributed by atoms with van der Waals surface area (Å²) >= 11 is 0. The number of fused-ring (bicyclic) bond motifs is 1. The second kappa shape index (κ2) is 4.25. The van der Waals surface area contributed by atoms with E-state index in [9.17, 15) is 0 Å². The zero-order valence-electron chi connectivity index (χ0n) is 11.2. The van der Waals surface area contributed by atoms with Gasteiger partial charge in [-0.2, -0.15) is 5.10 Å². The van der Waals surface area contributed by atoms with Crippen LogP contribution in [0.4, 0.5) is 0 Å². The lowest BCUT2D eigenvalue weighted by Gasteiger charge is -2.19. The van der Waals surface area contributed by atoms with Crippen molar-refractivity contribution >= 4 is 0 Å². The lowest BCUT2D eigenvalue weighted by atomic mass is 10.2. The first kappa shape index (κ1) is 11.5. The molecule has 0 atom stereocenters. The van der Waals surface area contributed by atoms with Gasteiger partial charge in [0.1, 0.15) is 0 Å². The Bertz CT molecular complexity index is 545. The largest absolute Gasteiger partial charge is 0.291 e. The molecule has 0 bridgehead atoms. The van der Waals surface area contributed by atoms with Crippen molar-refractivity contribution < 1.29 is 0 Å². The van der Waals surface area contributed by atoms with Gasteiger partial charge in [0.2, 0.25) is 0 Å². The molecule has 2 aromatic rings. The Morgan fingerprint density at radius 3 is 2.61 bits per heavy atom. The van der Waals surface area contributed by atoms with Gasteiger partial charge in [-0.3, -0.25) is 4.90 Å². The molecule has 1 aliphatic heterocycles. The van der Waals surface area contributed by atoms with E-state index in [0.717, 1.165) is 13.1 Å². The van der Waals surface area contributed by atoms with Crippen molar-refractivity contribution in [3.63, 3.8) is 0 Å². The summed E-state index contributed by atoms with van der Waals surface area (Å²) in [7, 11) is 0. The topological polar surface area (TPSA) is 21.1 Å². The summed E-state index contributed by atoms with van der Waals surface area (Å²) in [6, 6.07) is 8.97. The molecule has 3 nitrogen and oxygen atoms in total. The van der Waals surface area contributed by atoms with Crippen molar-refractivity contribution in [3.8, 4) is 5.69 Å². The first-order valence-electron chi connectivity index (χ1n) is 6.52. The van der Waals surface area contributed by atoms with Crippen molar-refractivity contribution in [1.29, 1.82) is 0 Å². The zero-order chi connectivity index (χ0) is 12.7. The molecule has 0 spiro atoms. The van der Waals surface area contributed by atoms with Crippen LogP contribution in [0, 0.1) is 6.92 Å². The third kappa shape index (κ3) is 1.85. The minimum absolute atomic E-state index is 0.589. The molecule has 3 heteroatoms. The molecule has 0 N–H and O–H groups in total. The highest BCUT2D eigenvalue weighted by Crippen LogP contribution is 2.25. The van der Waals surface area contributed by atoms with E-state index < -0.39 is 0 Å². The summed E-state index contributed by atoms with van der Waals surface area (Å²) in [5.41, 5.74) is 5.04. The maximum atomic E-state index is 4.73. The highest BCUT2D eigenvalue weighted by Gasteiger charge is 2.24. The fourth-order valence-corrected chi connectivity index (χ4v) is 2.49. The normalized spacial score (nSPS) is 15.3. The molecule has 1 aromatic carbocycles. The van der Waals surface area contributed by atoms with Gasteiger partial charge in [0.25, 0.3) is 0 Å². The minimum Gasteiger partial charge on any atom is -0.291 e. The number of aromatic nitrogens is 2. The van der Waals surface area contributed by atoms with Crippen LogP contribution in [-0.2, 0) is 13.1 Å².